The van der Waals surface area contributed by atoms with Crippen molar-refractivity contribution in [2.45, 2.75) is 13.5 Å². The minimum atomic E-state index is -0.415. The van der Waals surface area contributed by atoms with Gasteiger partial charge in [-0.25, -0.2) is 4.79 Å². The second-order valence-corrected chi connectivity index (χ2v) is 6.28. The van der Waals surface area contributed by atoms with Crippen molar-refractivity contribution in [1.29, 1.82) is 0 Å². The third kappa shape index (κ3) is 5.83. The molecule has 0 fully saturated rings. The number of esters is 1. The Morgan fingerprint density at radius 3 is 2.15 bits per heavy atom. The number of quaternary nitrogens is 1. The smallest absolute Gasteiger partial charge is 0.334 e. The van der Waals surface area contributed by atoms with Crippen LogP contribution in [-0.4, -0.2) is 36.6 Å². The van der Waals surface area contributed by atoms with Gasteiger partial charge < -0.3 is 17.1 Å². The van der Waals surface area contributed by atoms with Crippen molar-refractivity contribution in [3.8, 4) is 0 Å². The van der Waals surface area contributed by atoms with Crippen molar-refractivity contribution in [1.82, 2.24) is 0 Å². The minimum absolute atomic E-state index is 0. The summed E-state index contributed by atoms with van der Waals surface area (Å²) in [5, 5.41) is 0. The number of ether oxygens (including phenoxy) is 1. The lowest BCUT2D eigenvalue weighted by molar-refractivity contribution is -0.936. The van der Waals surface area contributed by atoms with E-state index in [1.165, 1.54) is 6.08 Å². The SMILES string of the molecule is C=CC(=O)OC[N+](C)(CC)Cc1ccc(C(=O)c2ccccc2)cc1.[Cl-]. The molecule has 0 radical (unpaired) electrons. The highest BCUT2D eigenvalue weighted by molar-refractivity contribution is 6.08. The maximum Gasteiger partial charge on any atom is 0.334 e. The molecule has 2 aromatic carbocycles. The summed E-state index contributed by atoms with van der Waals surface area (Å²) in [6.45, 7) is 7.27. The molecule has 0 N–H and O–H groups in total. The topological polar surface area (TPSA) is 43.4 Å². The molecule has 0 aliphatic carbocycles. The lowest BCUT2D eigenvalue weighted by Gasteiger charge is -2.32. The first-order valence-corrected chi connectivity index (χ1v) is 8.29. The van der Waals surface area contributed by atoms with Crippen LogP contribution in [0.25, 0.3) is 0 Å². The maximum atomic E-state index is 12.4. The lowest BCUT2D eigenvalue weighted by Crippen LogP contribution is -3.00. The Labute approximate surface area is 161 Å². The second-order valence-electron chi connectivity index (χ2n) is 6.28. The van der Waals surface area contributed by atoms with Gasteiger partial charge in [-0.3, -0.25) is 9.28 Å². The van der Waals surface area contributed by atoms with Crippen molar-refractivity contribution in [2.75, 3.05) is 20.3 Å². The average Bonchev–Trinajstić information content (AvgIpc) is 2.67. The monoisotopic (exact) mass is 373 g/mol. The van der Waals surface area contributed by atoms with E-state index in [1.807, 2.05) is 61.6 Å². The predicted molar refractivity (Wildman–Crippen MR) is 97.9 cm³/mol. The van der Waals surface area contributed by atoms with Gasteiger partial charge in [-0.05, 0) is 6.92 Å². The van der Waals surface area contributed by atoms with Crippen LogP contribution in [0.2, 0.25) is 0 Å². The number of carbonyl (C=O) groups is 2. The van der Waals surface area contributed by atoms with Gasteiger partial charge in [0, 0.05) is 22.8 Å². The van der Waals surface area contributed by atoms with E-state index in [2.05, 4.69) is 13.5 Å². The first-order chi connectivity index (χ1) is 12.0. The van der Waals surface area contributed by atoms with Crippen LogP contribution >= 0.6 is 0 Å². The van der Waals surface area contributed by atoms with Gasteiger partial charge in [0.05, 0.1) is 13.6 Å². The fourth-order valence-electron chi connectivity index (χ4n) is 2.49. The maximum absolute atomic E-state index is 12.4. The quantitative estimate of drug-likeness (QED) is 0.223. The molecule has 0 spiro atoms. The van der Waals surface area contributed by atoms with Crippen LogP contribution in [0.5, 0.6) is 0 Å². The van der Waals surface area contributed by atoms with E-state index in [0.29, 0.717) is 22.2 Å². The standard InChI is InChI=1S/C21H24NO3.ClH/c1-4-20(23)25-16-22(3,5-2)15-17-11-13-19(14-12-17)21(24)18-9-7-6-8-10-18;/h4,6-14H,1,5,15-16H2,2-3H3;1H/q+1;/p-1. The van der Waals surface area contributed by atoms with E-state index in [0.717, 1.165) is 12.1 Å². The van der Waals surface area contributed by atoms with Gasteiger partial charge in [-0.2, -0.15) is 0 Å². The number of ketones is 1. The molecular formula is C21H24ClNO3. The van der Waals surface area contributed by atoms with E-state index < -0.39 is 5.97 Å². The molecule has 0 aliphatic rings. The van der Waals surface area contributed by atoms with E-state index in [-0.39, 0.29) is 24.9 Å². The van der Waals surface area contributed by atoms with Gasteiger partial charge in [0.1, 0.15) is 6.54 Å². The summed E-state index contributed by atoms with van der Waals surface area (Å²) < 4.78 is 5.76. The highest BCUT2D eigenvalue weighted by Crippen LogP contribution is 2.15. The van der Waals surface area contributed by atoms with Gasteiger partial charge in [0.2, 0.25) is 6.73 Å². The minimum Gasteiger partial charge on any atom is -1.00 e. The number of hydrogen-bond donors (Lipinski definition) is 0. The number of halogens is 1. The van der Waals surface area contributed by atoms with E-state index in [9.17, 15) is 9.59 Å². The Morgan fingerprint density at radius 2 is 1.62 bits per heavy atom. The van der Waals surface area contributed by atoms with Crippen molar-refractivity contribution in [2.24, 2.45) is 0 Å². The van der Waals surface area contributed by atoms with Crippen molar-refractivity contribution < 1.29 is 31.2 Å². The Hall–Kier alpha value is -2.43. The van der Waals surface area contributed by atoms with Crippen molar-refractivity contribution in [3.05, 3.63) is 83.9 Å². The van der Waals surface area contributed by atoms with E-state index in [4.69, 9.17) is 4.74 Å². The number of nitrogens with zero attached hydrogens (tertiary/aromatic N) is 1. The van der Waals surface area contributed by atoms with Gasteiger partial charge in [0.25, 0.3) is 0 Å². The van der Waals surface area contributed by atoms with Crippen LogP contribution in [0.4, 0.5) is 0 Å². The van der Waals surface area contributed by atoms with Crippen molar-refractivity contribution >= 4 is 11.8 Å². The largest absolute Gasteiger partial charge is 1.00 e. The van der Waals surface area contributed by atoms with Gasteiger partial charge in [0.15, 0.2) is 5.78 Å². The Bertz CT molecular complexity index is 744. The number of carbonyl (C=O) groups excluding carboxylic acids is 2. The molecule has 5 heteroatoms. The molecule has 1 unspecified atom stereocenters. The molecule has 2 aromatic rings. The fraction of sp³-hybridized carbons (Fsp3) is 0.238. The second kappa shape index (κ2) is 9.90. The van der Waals surface area contributed by atoms with Crippen LogP contribution in [-0.2, 0) is 16.1 Å². The highest BCUT2D eigenvalue weighted by atomic mass is 35.5. The number of hydrogen-bond acceptors (Lipinski definition) is 3. The predicted octanol–water partition coefficient (Wildman–Crippen LogP) is 0.575. The molecule has 26 heavy (non-hydrogen) atoms. The van der Waals surface area contributed by atoms with Crippen molar-refractivity contribution in [3.63, 3.8) is 0 Å². The molecule has 0 heterocycles. The van der Waals surface area contributed by atoms with Crippen LogP contribution in [0.3, 0.4) is 0 Å². The van der Waals surface area contributed by atoms with Crippen LogP contribution in [0, 0.1) is 0 Å². The third-order valence-corrected chi connectivity index (χ3v) is 4.26. The molecule has 0 aliphatic heterocycles. The summed E-state index contributed by atoms with van der Waals surface area (Å²) in [5.41, 5.74) is 2.43. The van der Waals surface area contributed by atoms with Gasteiger partial charge in [-0.15, -0.1) is 0 Å². The highest BCUT2D eigenvalue weighted by Gasteiger charge is 2.22. The van der Waals surface area contributed by atoms with E-state index >= 15 is 0 Å². The zero-order valence-corrected chi connectivity index (χ0v) is 15.9. The molecule has 2 rings (SSSR count). The average molecular weight is 374 g/mol. The van der Waals surface area contributed by atoms with Gasteiger partial charge in [-0.1, -0.05) is 61.2 Å². The normalized spacial score (nSPS) is 12.4. The summed E-state index contributed by atoms with van der Waals surface area (Å²) in [6, 6.07) is 16.8. The third-order valence-electron chi connectivity index (χ3n) is 4.26. The summed E-state index contributed by atoms with van der Waals surface area (Å²) in [7, 11) is 2.03. The number of benzene rings is 2. The molecule has 0 saturated carbocycles. The summed E-state index contributed by atoms with van der Waals surface area (Å²) >= 11 is 0. The lowest BCUT2D eigenvalue weighted by atomic mass is 10.0. The molecule has 0 bridgehead atoms. The molecule has 0 aromatic heterocycles. The van der Waals surface area contributed by atoms with Crippen LogP contribution in [0.15, 0.2) is 67.3 Å². The van der Waals surface area contributed by atoms with Gasteiger partial charge >= 0.3 is 5.97 Å². The molecule has 1 atom stereocenters. The Balaban J connectivity index is 0.00000338. The summed E-state index contributed by atoms with van der Waals surface area (Å²) in [4.78, 5) is 23.7. The molecule has 0 saturated heterocycles. The summed E-state index contributed by atoms with van der Waals surface area (Å²) in [5.74, 6) is -0.401. The fourth-order valence-corrected chi connectivity index (χ4v) is 2.49. The zero-order chi connectivity index (χ0) is 18.3. The first-order valence-electron chi connectivity index (χ1n) is 8.29. The first kappa shape index (κ1) is 21.6. The molecule has 4 nitrogen and oxygen atoms in total. The molecule has 0 amide bonds. The van der Waals surface area contributed by atoms with E-state index in [1.54, 1.807) is 0 Å². The molecular weight excluding hydrogens is 350 g/mol. The van der Waals surface area contributed by atoms with Crippen LogP contribution < -0.4 is 12.4 Å². The number of rotatable bonds is 8. The summed E-state index contributed by atoms with van der Waals surface area (Å²) in [6.07, 6.45) is 1.17. The molecule has 138 valence electrons. The Morgan fingerprint density at radius 1 is 1.04 bits per heavy atom. The Kier molecular flexibility index (Phi) is 8.23. The zero-order valence-electron chi connectivity index (χ0n) is 15.2. The van der Waals surface area contributed by atoms with Crippen LogP contribution in [0.1, 0.15) is 28.4 Å².